The molecule has 3 N–H and O–H groups in total. The number of nitrogen functional groups attached to an aromatic ring is 1. The van der Waals surface area contributed by atoms with Crippen molar-refractivity contribution in [1.29, 1.82) is 0 Å². The van der Waals surface area contributed by atoms with Crippen LogP contribution in [0.25, 0.3) is 0 Å². The van der Waals surface area contributed by atoms with Crippen molar-refractivity contribution in [3.63, 3.8) is 0 Å². The Hall–Kier alpha value is -2.08. The van der Waals surface area contributed by atoms with Gasteiger partial charge in [-0.3, -0.25) is 9.71 Å². The average molecular weight is 291 g/mol. The Labute approximate surface area is 118 Å². The van der Waals surface area contributed by atoms with Gasteiger partial charge in [0, 0.05) is 17.6 Å². The van der Waals surface area contributed by atoms with Crippen LogP contribution in [0.5, 0.6) is 0 Å². The van der Waals surface area contributed by atoms with Gasteiger partial charge in [-0.05, 0) is 56.2 Å². The summed E-state index contributed by atoms with van der Waals surface area (Å²) in [5.41, 5.74) is 9.26. The molecule has 20 heavy (non-hydrogen) atoms. The van der Waals surface area contributed by atoms with Gasteiger partial charge in [0.2, 0.25) is 0 Å². The molecular formula is C14H17N3O2S. The number of nitrogens with two attached hydrogens (primary N) is 1. The summed E-state index contributed by atoms with van der Waals surface area (Å²) >= 11 is 0. The van der Waals surface area contributed by atoms with Crippen molar-refractivity contribution < 1.29 is 8.42 Å². The Morgan fingerprint density at radius 1 is 1.15 bits per heavy atom. The molecule has 0 spiro atoms. The molecule has 2 aromatic rings. The van der Waals surface area contributed by atoms with Crippen LogP contribution in [0.4, 0.5) is 11.4 Å². The first kappa shape index (κ1) is 14.3. The van der Waals surface area contributed by atoms with Crippen molar-refractivity contribution in [2.75, 3.05) is 10.5 Å². The van der Waals surface area contributed by atoms with E-state index in [9.17, 15) is 8.42 Å². The fourth-order valence-corrected chi connectivity index (χ4v) is 3.00. The third kappa shape index (κ3) is 2.91. The van der Waals surface area contributed by atoms with E-state index in [0.29, 0.717) is 11.4 Å². The van der Waals surface area contributed by atoms with Crippen LogP contribution in [0.15, 0.2) is 35.4 Å². The van der Waals surface area contributed by atoms with Crippen LogP contribution in [0.2, 0.25) is 0 Å². The molecule has 106 valence electrons. The molecule has 0 saturated carbocycles. The molecule has 0 aliphatic heterocycles. The smallest absolute Gasteiger partial charge is 0.261 e. The summed E-state index contributed by atoms with van der Waals surface area (Å²) in [4.78, 5) is 4.19. The Bertz CT molecular complexity index is 732. The predicted octanol–water partition coefficient (Wildman–Crippen LogP) is 2.39. The molecule has 1 heterocycles. The second kappa shape index (κ2) is 5.13. The highest BCUT2D eigenvalue weighted by Crippen LogP contribution is 2.23. The van der Waals surface area contributed by atoms with Crippen molar-refractivity contribution in [3.05, 3.63) is 47.3 Å². The largest absolute Gasteiger partial charge is 0.398 e. The van der Waals surface area contributed by atoms with Crippen molar-refractivity contribution in [2.24, 2.45) is 0 Å². The topological polar surface area (TPSA) is 85.1 Å². The van der Waals surface area contributed by atoms with E-state index in [1.807, 2.05) is 13.8 Å². The molecule has 0 unspecified atom stereocenters. The van der Waals surface area contributed by atoms with Crippen molar-refractivity contribution in [3.8, 4) is 0 Å². The molecular weight excluding hydrogens is 274 g/mol. The lowest BCUT2D eigenvalue weighted by molar-refractivity contribution is 0.601. The summed E-state index contributed by atoms with van der Waals surface area (Å²) in [5, 5.41) is 0. The van der Waals surface area contributed by atoms with E-state index in [0.717, 1.165) is 16.8 Å². The molecule has 0 saturated heterocycles. The highest BCUT2D eigenvalue weighted by atomic mass is 32.2. The summed E-state index contributed by atoms with van der Waals surface area (Å²) < 4.78 is 27.2. The van der Waals surface area contributed by atoms with Gasteiger partial charge in [-0.15, -0.1) is 0 Å². The number of nitrogens with zero attached hydrogens (tertiary/aromatic N) is 1. The molecule has 0 aliphatic carbocycles. The lowest BCUT2D eigenvalue weighted by Gasteiger charge is -2.11. The van der Waals surface area contributed by atoms with Crippen LogP contribution < -0.4 is 10.5 Å². The van der Waals surface area contributed by atoms with E-state index in [1.165, 1.54) is 6.07 Å². The molecule has 2 rings (SSSR count). The number of anilines is 2. The second-order valence-electron chi connectivity index (χ2n) is 4.75. The Morgan fingerprint density at radius 3 is 2.45 bits per heavy atom. The zero-order chi connectivity index (χ0) is 14.9. The molecule has 0 radical (unpaired) electrons. The van der Waals surface area contributed by atoms with E-state index in [-0.39, 0.29) is 4.90 Å². The molecule has 1 aromatic carbocycles. The third-order valence-electron chi connectivity index (χ3n) is 3.14. The zero-order valence-electron chi connectivity index (χ0n) is 11.6. The van der Waals surface area contributed by atoms with Gasteiger partial charge in [0.1, 0.15) is 0 Å². The number of hydrogen-bond donors (Lipinski definition) is 2. The number of hydrogen-bond acceptors (Lipinski definition) is 4. The van der Waals surface area contributed by atoms with Crippen LogP contribution in [0, 0.1) is 20.8 Å². The molecule has 0 amide bonds. The maximum Gasteiger partial charge on any atom is 0.261 e. The lowest BCUT2D eigenvalue weighted by Crippen LogP contribution is -2.14. The molecule has 0 aliphatic rings. The van der Waals surface area contributed by atoms with Gasteiger partial charge >= 0.3 is 0 Å². The van der Waals surface area contributed by atoms with E-state index >= 15 is 0 Å². The van der Waals surface area contributed by atoms with Crippen LogP contribution in [-0.2, 0) is 10.0 Å². The number of sulfonamides is 1. The van der Waals surface area contributed by atoms with Gasteiger partial charge in [0.25, 0.3) is 10.0 Å². The highest BCUT2D eigenvalue weighted by Gasteiger charge is 2.16. The van der Waals surface area contributed by atoms with Gasteiger partial charge in [-0.25, -0.2) is 8.42 Å². The van der Waals surface area contributed by atoms with Crippen molar-refractivity contribution in [1.82, 2.24) is 4.98 Å². The Balaban J connectivity index is 2.41. The summed E-state index contributed by atoms with van der Waals surface area (Å²) in [7, 11) is -3.65. The zero-order valence-corrected chi connectivity index (χ0v) is 12.5. The Morgan fingerprint density at radius 2 is 1.85 bits per heavy atom. The minimum Gasteiger partial charge on any atom is -0.398 e. The number of rotatable bonds is 3. The normalized spacial score (nSPS) is 11.3. The average Bonchev–Trinajstić information content (AvgIpc) is 2.34. The van der Waals surface area contributed by atoms with Gasteiger partial charge in [-0.2, -0.15) is 0 Å². The molecule has 0 fully saturated rings. The number of pyridine rings is 1. The van der Waals surface area contributed by atoms with E-state index in [2.05, 4.69) is 9.71 Å². The minimum atomic E-state index is -3.65. The molecule has 6 heteroatoms. The van der Waals surface area contributed by atoms with Crippen LogP contribution >= 0.6 is 0 Å². The molecule has 0 bridgehead atoms. The summed E-state index contributed by atoms with van der Waals surface area (Å²) in [6, 6.07) is 6.36. The SMILES string of the molecule is Cc1cc(NS(=O)(=O)c2cc(C)c(C)c(N)c2)ccn1. The van der Waals surface area contributed by atoms with Gasteiger partial charge in [-0.1, -0.05) is 0 Å². The summed E-state index contributed by atoms with van der Waals surface area (Å²) in [5.74, 6) is 0. The second-order valence-corrected chi connectivity index (χ2v) is 6.43. The van der Waals surface area contributed by atoms with Gasteiger partial charge < -0.3 is 5.73 Å². The van der Waals surface area contributed by atoms with E-state index in [4.69, 9.17) is 5.73 Å². The lowest BCUT2D eigenvalue weighted by atomic mass is 10.1. The fraction of sp³-hybridized carbons (Fsp3) is 0.214. The predicted molar refractivity (Wildman–Crippen MR) is 80.1 cm³/mol. The number of aryl methyl sites for hydroxylation is 2. The summed E-state index contributed by atoms with van der Waals surface area (Å²) in [6.07, 6.45) is 1.56. The van der Waals surface area contributed by atoms with E-state index in [1.54, 1.807) is 31.3 Å². The maximum atomic E-state index is 12.3. The fourth-order valence-electron chi connectivity index (χ4n) is 1.83. The van der Waals surface area contributed by atoms with Crippen LogP contribution in [-0.4, -0.2) is 13.4 Å². The monoisotopic (exact) mass is 291 g/mol. The Kier molecular flexibility index (Phi) is 3.67. The van der Waals surface area contributed by atoms with E-state index < -0.39 is 10.0 Å². The quantitative estimate of drug-likeness (QED) is 0.850. The number of benzene rings is 1. The molecule has 5 nitrogen and oxygen atoms in total. The van der Waals surface area contributed by atoms with Crippen LogP contribution in [0.3, 0.4) is 0 Å². The molecule has 0 atom stereocenters. The summed E-state index contributed by atoms with van der Waals surface area (Å²) in [6.45, 7) is 5.49. The first-order valence-electron chi connectivity index (χ1n) is 6.12. The number of aromatic nitrogens is 1. The first-order chi connectivity index (χ1) is 9.29. The molecule has 1 aromatic heterocycles. The third-order valence-corrected chi connectivity index (χ3v) is 4.50. The maximum absolute atomic E-state index is 12.3. The first-order valence-corrected chi connectivity index (χ1v) is 7.60. The van der Waals surface area contributed by atoms with Crippen molar-refractivity contribution in [2.45, 2.75) is 25.7 Å². The van der Waals surface area contributed by atoms with Gasteiger partial charge in [0.15, 0.2) is 0 Å². The van der Waals surface area contributed by atoms with Crippen molar-refractivity contribution >= 4 is 21.4 Å². The van der Waals surface area contributed by atoms with Gasteiger partial charge in [0.05, 0.1) is 10.6 Å². The highest BCUT2D eigenvalue weighted by molar-refractivity contribution is 7.92. The number of nitrogens with one attached hydrogen (secondary N) is 1. The standard InChI is InChI=1S/C14H17N3O2S/c1-9-6-13(8-14(15)11(9)3)20(18,19)17-12-4-5-16-10(2)7-12/h4-8H,15H2,1-3H3,(H,16,17). The minimum absolute atomic E-state index is 0.160. The van der Waals surface area contributed by atoms with Crippen LogP contribution in [0.1, 0.15) is 16.8 Å².